The second kappa shape index (κ2) is 9.37. The van der Waals surface area contributed by atoms with Crippen LogP contribution in [0.1, 0.15) is 52.0 Å². The first-order chi connectivity index (χ1) is 13.9. The number of piperidine rings is 1. The molecule has 2 amide bonds. The van der Waals surface area contributed by atoms with Crippen LogP contribution in [-0.2, 0) is 4.79 Å². The number of hydrogen-bond acceptors (Lipinski definition) is 4. The number of carbonyl (C=O) groups excluding carboxylic acids is 3. The summed E-state index contributed by atoms with van der Waals surface area (Å²) in [5.74, 6) is -0.220. The van der Waals surface area contributed by atoms with Gasteiger partial charge in [0.2, 0.25) is 5.91 Å². The number of amides is 2. The Morgan fingerprint density at radius 2 is 1.69 bits per heavy atom. The summed E-state index contributed by atoms with van der Waals surface area (Å²) in [5.41, 5.74) is 2.14. The lowest BCUT2D eigenvalue weighted by molar-refractivity contribution is -0.132. The largest absolute Gasteiger partial charge is 0.508 e. The maximum Gasteiger partial charge on any atom is 0.251 e. The lowest BCUT2D eigenvalue weighted by atomic mass is 10.0. The molecule has 1 saturated heterocycles. The van der Waals surface area contributed by atoms with Crippen molar-refractivity contribution < 1.29 is 19.5 Å². The molecule has 2 N–H and O–H groups in total. The first-order valence-corrected chi connectivity index (χ1v) is 9.90. The van der Waals surface area contributed by atoms with Crippen molar-refractivity contribution in [3.63, 3.8) is 0 Å². The second-order valence-corrected chi connectivity index (χ2v) is 7.47. The summed E-state index contributed by atoms with van der Waals surface area (Å²) in [6.07, 6.45) is 1.74. The van der Waals surface area contributed by atoms with E-state index in [-0.39, 0.29) is 42.2 Å². The number of Topliss-reactive ketones (excluding diaryl/α,β-unsaturated/α-hetero) is 1. The highest BCUT2D eigenvalue weighted by Gasteiger charge is 2.24. The van der Waals surface area contributed by atoms with Crippen molar-refractivity contribution >= 4 is 17.6 Å². The van der Waals surface area contributed by atoms with Gasteiger partial charge in [0.05, 0.1) is 0 Å². The molecule has 152 valence electrons. The Kier molecular flexibility index (Phi) is 6.65. The highest BCUT2D eigenvalue weighted by Crippen LogP contribution is 2.16. The highest BCUT2D eigenvalue weighted by atomic mass is 16.3. The SMILES string of the molecule is Cc1ccc(C(=O)CCC(=O)N2CCC(NC(=O)c3cccc(O)c3)CC2)cc1. The number of nitrogens with one attached hydrogen (secondary N) is 1. The monoisotopic (exact) mass is 394 g/mol. The van der Waals surface area contributed by atoms with Gasteiger partial charge in [0.25, 0.3) is 5.91 Å². The predicted molar refractivity (Wildman–Crippen MR) is 110 cm³/mol. The summed E-state index contributed by atoms with van der Waals surface area (Å²) in [6.45, 7) is 3.08. The zero-order valence-corrected chi connectivity index (χ0v) is 16.6. The minimum atomic E-state index is -0.227. The Bertz CT molecular complexity index is 884. The fourth-order valence-corrected chi connectivity index (χ4v) is 3.45. The molecule has 6 nitrogen and oxygen atoms in total. The molecule has 0 saturated carbocycles. The summed E-state index contributed by atoms with van der Waals surface area (Å²) in [5, 5.41) is 12.4. The van der Waals surface area contributed by atoms with E-state index in [1.54, 1.807) is 29.2 Å². The van der Waals surface area contributed by atoms with Gasteiger partial charge >= 0.3 is 0 Å². The quantitative estimate of drug-likeness (QED) is 0.737. The molecule has 0 aliphatic carbocycles. The fourth-order valence-electron chi connectivity index (χ4n) is 3.45. The van der Waals surface area contributed by atoms with Crippen LogP contribution in [0.25, 0.3) is 0 Å². The van der Waals surface area contributed by atoms with Gasteiger partial charge in [0.15, 0.2) is 5.78 Å². The van der Waals surface area contributed by atoms with Crippen LogP contribution in [0.3, 0.4) is 0 Å². The molecule has 6 heteroatoms. The molecule has 3 rings (SSSR count). The van der Waals surface area contributed by atoms with Crippen LogP contribution in [0.15, 0.2) is 48.5 Å². The third-order valence-corrected chi connectivity index (χ3v) is 5.23. The average Bonchev–Trinajstić information content (AvgIpc) is 2.73. The first-order valence-electron chi connectivity index (χ1n) is 9.90. The van der Waals surface area contributed by atoms with E-state index in [9.17, 15) is 19.5 Å². The number of likely N-dealkylation sites (tertiary alicyclic amines) is 1. The highest BCUT2D eigenvalue weighted by molar-refractivity contribution is 5.98. The molecule has 0 spiro atoms. The fraction of sp³-hybridized carbons (Fsp3) is 0.348. The number of aryl methyl sites for hydroxylation is 1. The Morgan fingerprint density at radius 3 is 2.34 bits per heavy atom. The second-order valence-electron chi connectivity index (χ2n) is 7.47. The van der Waals surface area contributed by atoms with Gasteiger partial charge in [0, 0.05) is 43.1 Å². The van der Waals surface area contributed by atoms with Crippen LogP contribution >= 0.6 is 0 Å². The number of rotatable bonds is 6. The van der Waals surface area contributed by atoms with Gasteiger partial charge in [-0.15, -0.1) is 0 Å². The van der Waals surface area contributed by atoms with Gasteiger partial charge in [-0.25, -0.2) is 0 Å². The van der Waals surface area contributed by atoms with Crippen molar-refractivity contribution in [2.45, 2.75) is 38.6 Å². The number of phenols is 1. The van der Waals surface area contributed by atoms with Gasteiger partial charge in [-0.2, -0.15) is 0 Å². The molecule has 0 radical (unpaired) electrons. The Hall–Kier alpha value is -3.15. The molecule has 1 fully saturated rings. The Balaban J connectivity index is 1.42. The molecule has 1 heterocycles. The minimum Gasteiger partial charge on any atom is -0.508 e. The molecule has 1 aliphatic heterocycles. The summed E-state index contributed by atoms with van der Waals surface area (Å²) in [7, 11) is 0. The standard InChI is InChI=1S/C23H26N2O4/c1-16-5-7-17(8-6-16)21(27)9-10-22(28)25-13-11-19(12-14-25)24-23(29)18-3-2-4-20(26)15-18/h2-8,15,19,26H,9-14H2,1H3,(H,24,29). The van der Waals surface area contributed by atoms with Crippen molar-refractivity contribution in [2.24, 2.45) is 0 Å². The van der Waals surface area contributed by atoms with Gasteiger partial charge in [-0.3, -0.25) is 14.4 Å². The number of aromatic hydroxyl groups is 1. The van der Waals surface area contributed by atoms with Crippen molar-refractivity contribution in [3.8, 4) is 5.75 Å². The van der Waals surface area contributed by atoms with Gasteiger partial charge < -0.3 is 15.3 Å². The summed E-state index contributed by atoms with van der Waals surface area (Å²) in [4.78, 5) is 38.7. The molecular formula is C23H26N2O4. The van der Waals surface area contributed by atoms with Crippen molar-refractivity contribution in [3.05, 3.63) is 65.2 Å². The molecule has 2 aromatic carbocycles. The van der Waals surface area contributed by atoms with E-state index in [1.165, 1.54) is 12.1 Å². The van der Waals surface area contributed by atoms with Crippen LogP contribution in [0.5, 0.6) is 5.75 Å². The van der Waals surface area contributed by atoms with Crippen molar-refractivity contribution in [1.29, 1.82) is 0 Å². The van der Waals surface area contributed by atoms with E-state index in [0.717, 1.165) is 5.56 Å². The van der Waals surface area contributed by atoms with E-state index in [0.29, 0.717) is 37.1 Å². The van der Waals surface area contributed by atoms with E-state index in [4.69, 9.17) is 0 Å². The van der Waals surface area contributed by atoms with Crippen LogP contribution < -0.4 is 5.32 Å². The number of hydrogen-bond donors (Lipinski definition) is 2. The zero-order chi connectivity index (χ0) is 20.8. The molecule has 2 aromatic rings. The molecule has 1 aliphatic rings. The smallest absolute Gasteiger partial charge is 0.251 e. The van der Waals surface area contributed by atoms with E-state index < -0.39 is 0 Å². The number of benzene rings is 2. The number of phenolic OH excluding ortho intramolecular Hbond substituents is 1. The summed E-state index contributed by atoms with van der Waals surface area (Å²) < 4.78 is 0. The number of ketones is 1. The minimum absolute atomic E-state index is 0.0110. The van der Waals surface area contributed by atoms with E-state index in [1.807, 2.05) is 19.1 Å². The number of nitrogens with zero attached hydrogens (tertiary/aromatic N) is 1. The maximum atomic E-state index is 12.4. The maximum absolute atomic E-state index is 12.4. The van der Waals surface area contributed by atoms with Crippen LogP contribution in [-0.4, -0.2) is 46.7 Å². The third-order valence-electron chi connectivity index (χ3n) is 5.23. The van der Waals surface area contributed by atoms with E-state index >= 15 is 0 Å². The summed E-state index contributed by atoms with van der Waals surface area (Å²) >= 11 is 0. The lowest BCUT2D eigenvalue weighted by Gasteiger charge is -2.32. The molecule has 0 bridgehead atoms. The summed E-state index contributed by atoms with van der Waals surface area (Å²) in [6, 6.07) is 13.6. The molecule has 29 heavy (non-hydrogen) atoms. The number of carbonyl (C=O) groups is 3. The normalized spacial score (nSPS) is 14.4. The van der Waals surface area contributed by atoms with Crippen molar-refractivity contribution in [1.82, 2.24) is 10.2 Å². The molecule has 0 aromatic heterocycles. The van der Waals surface area contributed by atoms with Crippen LogP contribution in [0, 0.1) is 6.92 Å². The zero-order valence-electron chi connectivity index (χ0n) is 16.6. The van der Waals surface area contributed by atoms with Gasteiger partial charge in [-0.05, 0) is 38.0 Å². The first kappa shape index (κ1) is 20.6. The molecular weight excluding hydrogens is 368 g/mol. The third kappa shape index (κ3) is 5.67. The Morgan fingerprint density at radius 1 is 1.00 bits per heavy atom. The predicted octanol–water partition coefficient (Wildman–Crippen LogP) is 3.08. The van der Waals surface area contributed by atoms with Crippen LogP contribution in [0.2, 0.25) is 0 Å². The van der Waals surface area contributed by atoms with E-state index in [2.05, 4.69) is 5.32 Å². The Labute approximate surface area is 170 Å². The van der Waals surface area contributed by atoms with Crippen molar-refractivity contribution in [2.75, 3.05) is 13.1 Å². The van der Waals surface area contributed by atoms with Crippen LogP contribution in [0.4, 0.5) is 0 Å². The molecule has 0 atom stereocenters. The van der Waals surface area contributed by atoms with Gasteiger partial charge in [-0.1, -0.05) is 35.9 Å². The average molecular weight is 394 g/mol. The van der Waals surface area contributed by atoms with Gasteiger partial charge in [0.1, 0.15) is 5.75 Å². The topological polar surface area (TPSA) is 86.7 Å². The lowest BCUT2D eigenvalue weighted by Crippen LogP contribution is -2.46. The molecule has 0 unspecified atom stereocenters.